The molecule has 1 rings (SSSR count). The van der Waals surface area contributed by atoms with E-state index in [4.69, 9.17) is 0 Å². The summed E-state index contributed by atoms with van der Waals surface area (Å²) in [7, 11) is 0. The molecule has 0 bridgehead atoms. The van der Waals surface area contributed by atoms with E-state index in [1.165, 1.54) is 11.1 Å². The maximum absolute atomic E-state index is 4.21. The molecule has 0 saturated carbocycles. The summed E-state index contributed by atoms with van der Waals surface area (Å²) in [5.74, 6) is 0. The molecule has 1 unspecified atom stereocenters. The molecule has 1 aromatic rings. The van der Waals surface area contributed by atoms with Crippen molar-refractivity contribution in [1.82, 2.24) is 4.98 Å². The molecule has 0 aliphatic heterocycles. The molecule has 1 heteroatoms. The lowest BCUT2D eigenvalue weighted by Gasteiger charge is -2.30. The summed E-state index contributed by atoms with van der Waals surface area (Å²) >= 11 is 0. The normalized spacial score (nSPS) is 15.6. The van der Waals surface area contributed by atoms with Crippen molar-refractivity contribution in [2.75, 3.05) is 0 Å². The minimum absolute atomic E-state index is 0.0945. The van der Waals surface area contributed by atoms with Gasteiger partial charge in [0.1, 0.15) is 0 Å². The van der Waals surface area contributed by atoms with Crippen LogP contribution in [-0.2, 0) is 5.41 Å². The minimum atomic E-state index is 0.0945. The van der Waals surface area contributed by atoms with E-state index in [9.17, 15) is 0 Å². The zero-order valence-corrected chi connectivity index (χ0v) is 10.5. The second-order valence-electron chi connectivity index (χ2n) is 4.34. The van der Waals surface area contributed by atoms with Crippen LogP contribution < -0.4 is 0 Å². The van der Waals surface area contributed by atoms with Gasteiger partial charge in [-0.25, -0.2) is 0 Å². The molecule has 0 amide bonds. The molecular weight excluding hydrogens is 194 g/mol. The summed E-state index contributed by atoms with van der Waals surface area (Å²) in [6, 6.07) is 4.16. The molecule has 0 spiro atoms. The Morgan fingerprint density at radius 2 is 2.31 bits per heavy atom. The minimum Gasteiger partial charge on any atom is -0.264 e. The highest BCUT2D eigenvalue weighted by Crippen LogP contribution is 2.34. The molecule has 0 aliphatic rings. The molecule has 1 nitrogen and oxygen atoms in total. The molecule has 0 aliphatic carbocycles. The van der Waals surface area contributed by atoms with Gasteiger partial charge in [-0.05, 0) is 31.4 Å². The van der Waals surface area contributed by atoms with Crippen LogP contribution in [0.5, 0.6) is 0 Å². The molecular formula is C15H21N. The quantitative estimate of drug-likeness (QED) is 0.668. The van der Waals surface area contributed by atoms with Crippen LogP contribution in [0.25, 0.3) is 0 Å². The Kier molecular flexibility index (Phi) is 4.48. The van der Waals surface area contributed by atoms with Crippen LogP contribution in [0.15, 0.2) is 48.8 Å². The van der Waals surface area contributed by atoms with Gasteiger partial charge in [0, 0.05) is 17.8 Å². The fraction of sp³-hybridized carbons (Fsp3) is 0.400. The maximum atomic E-state index is 4.21. The third-order valence-electron chi connectivity index (χ3n) is 3.47. The third kappa shape index (κ3) is 2.60. The maximum Gasteiger partial charge on any atom is 0.0308 e. The first-order valence-corrected chi connectivity index (χ1v) is 5.83. The summed E-state index contributed by atoms with van der Waals surface area (Å²) in [6.45, 7) is 10.4. The van der Waals surface area contributed by atoms with Gasteiger partial charge in [-0.1, -0.05) is 37.6 Å². The van der Waals surface area contributed by atoms with E-state index in [2.05, 4.69) is 44.5 Å². The smallest absolute Gasteiger partial charge is 0.0308 e. The fourth-order valence-electron chi connectivity index (χ4n) is 1.89. The third-order valence-corrected chi connectivity index (χ3v) is 3.47. The highest BCUT2D eigenvalue weighted by Gasteiger charge is 2.26. The first-order valence-electron chi connectivity index (χ1n) is 5.83. The van der Waals surface area contributed by atoms with Crippen LogP contribution in [0.2, 0.25) is 0 Å². The highest BCUT2D eigenvalue weighted by atomic mass is 14.6. The van der Waals surface area contributed by atoms with Crippen molar-refractivity contribution in [3.63, 3.8) is 0 Å². The van der Waals surface area contributed by atoms with Crippen LogP contribution in [0.4, 0.5) is 0 Å². The number of rotatable bonds is 5. The second kappa shape index (κ2) is 5.64. The van der Waals surface area contributed by atoms with E-state index in [0.717, 1.165) is 12.8 Å². The van der Waals surface area contributed by atoms with Crippen molar-refractivity contribution in [1.29, 1.82) is 0 Å². The Morgan fingerprint density at radius 1 is 1.56 bits per heavy atom. The Balaban J connectivity index is 3.07. The lowest BCUT2D eigenvalue weighted by molar-refractivity contribution is 0.533. The van der Waals surface area contributed by atoms with Crippen LogP contribution >= 0.6 is 0 Å². The molecule has 0 saturated heterocycles. The first kappa shape index (κ1) is 12.7. The lowest BCUT2D eigenvalue weighted by atomic mass is 9.74. The Hall–Kier alpha value is -1.37. The van der Waals surface area contributed by atoms with Gasteiger partial charge in [0.05, 0.1) is 0 Å². The van der Waals surface area contributed by atoms with Crippen molar-refractivity contribution in [2.24, 2.45) is 0 Å². The van der Waals surface area contributed by atoms with Gasteiger partial charge in [-0.2, -0.15) is 0 Å². The average Bonchev–Trinajstić information content (AvgIpc) is 2.35. The van der Waals surface area contributed by atoms with E-state index < -0.39 is 0 Å². The number of hydrogen-bond acceptors (Lipinski definition) is 1. The topological polar surface area (TPSA) is 12.9 Å². The van der Waals surface area contributed by atoms with E-state index in [-0.39, 0.29) is 5.41 Å². The SMILES string of the molecule is C=CC/C=C(\C)C(C)(CC)c1cccnc1. The summed E-state index contributed by atoms with van der Waals surface area (Å²) in [5.41, 5.74) is 2.77. The van der Waals surface area contributed by atoms with Gasteiger partial charge in [0.2, 0.25) is 0 Å². The predicted molar refractivity (Wildman–Crippen MR) is 70.5 cm³/mol. The lowest BCUT2D eigenvalue weighted by Crippen LogP contribution is -2.22. The molecule has 1 aromatic heterocycles. The standard InChI is InChI=1S/C15H21N/c1-5-7-9-13(3)15(4,6-2)14-10-8-11-16-12-14/h5,8-12H,1,6-7H2,2-4H3/b13-9+. The van der Waals surface area contributed by atoms with Gasteiger partial charge in [0.25, 0.3) is 0 Å². The van der Waals surface area contributed by atoms with Crippen LogP contribution in [0, 0.1) is 0 Å². The zero-order chi connectivity index (χ0) is 12.0. The van der Waals surface area contributed by atoms with E-state index in [1.54, 1.807) is 0 Å². The van der Waals surface area contributed by atoms with Crippen molar-refractivity contribution in [3.05, 3.63) is 54.4 Å². The summed E-state index contributed by atoms with van der Waals surface area (Å²) in [4.78, 5) is 4.21. The summed E-state index contributed by atoms with van der Waals surface area (Å²) in [6.07, 6.45) is 9.99. The monoisotopic (exact) mass is 215 g/mol. The van der Waals surface area contributed by atoms with Crippen LogP contribution in [-0.4, -0.2) is 4.98 Å². The second-order valence-corrected chi connectivity index (χ2v) is 4.34. The Labute approximate surface area is 98.9 Å². The number of nitrogens with zero attached hydrogens (tertiary/aromatic N) is 1. The molecule has 16 heavy (non-hydrogen) atoms. The predicted octanol–water partition coefficient (Wildman–Crippen LogP) is 4.27. The van der Waals surface area contributed by atoms with Crippen LogP contribution in [0.1, 0.15) is 39.2 Å². The van der Waals surface area contributed by atoms with Crippen LogP contribution in [0.3, 0.4) is 0 Å². The fourth-order valence-corrected chi connectivity index (χ4v) is 1.89. The first-order chi connectivity index (χ1) is 7.65. The van der Waals surface area contributed by atoms with Gasteiger partial charge in [-0.15, -0.1) is 6.58 Å². The molecule has 0 radical (unpaired) electrons. The number of pyridine rings is 1. The Bertz CT molecular complexity index is 364. The average molecular weight is 215 g/mol. The van der Waals surface area contributed by atoms with Gasteiger partial charge >= 0.3 is 0 Å². The van der Waals surface area contributed by atoms with Crippen molar-refractivity contribution in [3.8, 4) is 0 Å². The van der Waals surface area contributed by atoms with Gasteiger partial charge < -0.3 is 0 Å². The van der Waals surface area contributed by atoms with Gasteiger partial charge in [-0.3, -0.25) is 4.98 Å². The molecule has 86 valence electrons. The molecule has 0 fully saturated rings. The van der Waals surface area contributed by atoms with Gasteiger partial charge in [0.15, 0.2) is 0 Å². The summed E-state index contributed by atoms with van der Waals surface area (Å²) < 4.78 is 0. The zero-order valence-electron chi connectivity index (χ0n) is 10.5. The van der Waals surface area contributed by atoms with Crippen molar-refractivity contribution >= 4 is 0 Å². The highest BCUT2D eigenvalue weighted by molar-refractivity contribution is 5.32. The van der Waals surface area contributed by atoms with Crippen molar-refractivity contribution < 1.29 is 0 Å². The van der Waals surface area contributed by atoms with Crippen molar-refractivity contribution in [2.45, 2.75) is 39.0 Å². The van der Waals surface area contributed by atoms with E-state index in [1.807, 2.05) is 24.5 Å². The molecule has 1 heterocycles. The van der Waals surface area contributed by atoms with E-state index >= 15 is 0 Å². The molecule has 1 atom stereocenters. The molecule has 0 N–H and O–H groups in total. The number of hydrogen-bond donors (Lipinski definition) is 0. The largest absolute Gasteiger partial charge is 0.264 e. The summed E-state index contributed by atoms with van der Waals surface area (Å²) in [5, 5.41) is 0. The number of allylic oxidation sites excluding steroid dienone is 3. The van der Waals surface area contributed by atoms with E-state index in [0.29, 0.717) is 0 Å². The Morgan fingerprint density at radius 3 is 2.81 bits per heavy atom. The number of aromatic nitrogens is 1. The molecule has 0 aromatic carbocycles.